The first-order valence-electron chi connectivity index (χ1n) is 8.53. The molecule has 1 heterocycles. The van der Waals surface area contributed by atoms with Crippen LogP contribution in [0, 0.1) is 13.8 Å². The summed E-state index contributed by atoms with van der Waals surface area (Å²) in [5.74, 6) is 0.612. The van der Waals surface area contributed by atoms with Crippen molar-refractivity contribution in [2.24, 2.45) is 0 Å². The number of hydrogen-bond donors (Lipinski definition) is 2. The number of rotatable bonds is 5. The molecule has 0 saturated heterocycles. The van der Waals surface area contributed by atoms with Gasteiger partial charge in [0.05, 0.1) is 7.11 Å². The molecule has 1 amide bonds. The molecule has 3 aromatic rings. The molecule has 2 N–H and O–H groups in total. The normalized spacial score (nSPS) is 10.7. The Morgan fingerprint density at radius 3 is 2.62 bits per heavy atom. The third-order valence-electron chi connectivity index (χ3n) is 4.54. The zero-order chi connectivity index (χ0) is 18.7. The Morgan fingerprint density at radius 2 is 1.88 bits per heavy atom. The molecule has 5 nitrogen and oxygen atoms in total. The Balaban J connectivity index is 1.72. The molecule has 0 unspecified atom stereocenters. The Labute approximate surface area is 152 Å². The number of aryl methyl sites for hydroxylation is 3. The number of H-pyrrole nitrogens is 1. The maximum atomic E-state index is 12.2. The fraction of sp³-hybridized carbons (Fsp3) is 0.238. The summed E-state index contributed by atoms with van der Waals surface area (Å²) in [6.45, 7) is 4.04. The van der Waals surface area contributed by atoms with Crippen molar-refractivity contribution in [1.82, 2.24) is 4.98 Å². The molecule has 5 heteroatoms. The summed E-state index contributed by atoms with van der Waals surface area (Å²) in [4.78, 5) is 27.3. The van der Waals surface area contributed by atoms with E-state index in [9.17, 15) is 9.59 Å². The minimum absolute atomic E-state index is 0.113. The second kappa shape index (κ2) is 7.44. The number of fused-ring (bicyclic) bond motifs is 1. The van der Waals surface area contributed by atoms with E-state index in [0.717, 1.165) is 27.9 Å². The van der Waals surface area contributed by atoms with Gasteiger partial charge >= 0.3 is 0 Å². The number of amides is 1. The van der Waals surface area contributed by atoms with E-state index in [2.05, 4.69) is 10.3 Å². The van der Waals surface area contributed by atoms with E-state index in [1.165, 1.54) is 5.56 Å². The third-order valence-corrected chi connectivity index (χ3v) is 4.54. The van der Waals surface area contributed by atoms with Crippen LogP contribution in [0.4, 0.5) is 5.69 Å². The van der Waals surface area contributed by atoms with E-state index in [-0.39, 0.29) is 17.9 Å². The quantitative estimate of drug-likeness (QED) is 0.737. The predicted octanol–water partition coefficient (Wildman–Crippen LogP) is 3.72. The van der Waals surface area contributed by atoms with Crippen LogP contribution in [0.1, 0.15) is 23.1 Å². The lowest BCUT2D eigenvalue weighted by Gasteiger charge is -2.08. The SMILES string of the molecule is COc1ccc2[nH]c(=O)c(CCC(=O)Nc3ccc(C)c(C)c3)cc2c1. The van der Waals surface area contributed by atoms with Crippen molar-refractivity contribution in [3.8, 4) is 5.75 Å². The van der Waals surface area contributed by atoms with Gasteiger partial charge in [-0.2, -0.15) is 0 Å². The highest BCUT2D eigenvalue weighted by Gasteiger charge is 2.08. The van der Waals surface area contributed by atoms with Crippen LogP contribution in [0.3, 0.4) is 0 Å². The molecule has 2 aromatic carbocycles. The van der Waals surface area contributed by atoms with Gasteiger partial charge < -0.3 is 15.0 Å². The molecule has 0 radical (unpaired) electrons. The van der Waals surface area contributed by atoms with Gasteiger partial charge in [-0.15, -0.1) is 0 Å². The number of benzene rings is 2. The Hall–Kier alpha value is -3.08. The number of aromatic amines is 1. The molecule has 0 saturated carbocycles. The Morgan fingerprint density at radius 1 is 1.08 bits per heavy atom. The minimum Gasteiger partial charge on any atom is -0.497 e. The van der Waals surface area contributed by atoms with Crippen molar-refractivity contribution < 1.29 is 9.53 Å². The second-order valence-corrected chi connectivity index (χ2v) is 6.42. The smallest absolute Gasteiger partial charge is 0.251 e. The van der Waals surface area contributed by atoms with Gasteiger partial charge in [0.1, 0.15) is 5.75 Å². The highest BCUT2D eigenvalue weighted by molar-refractivity contribution is 5.91. The first kappa shape index (κ1) is 17.7. The van der Waals surface area contributed by atoms with Crippen molar-refractivity contribution >= 4 is 22.5 Å². The zero-order valence-electron chi connectivity index (χ0n) is 15.2. The standard InChI is InChI=1S/C21H22N2O3/c1-13-4-6-17(10-14(13)2)22-20(24)9-5-15-11-16-12-18(26-3)7-8-19(16)23-21(15)25/h4,6-8,10-12H,5,9H2,1-3H3,(H,22,24)(H,23,25). The number of ether oxygens (including phenoxy) is 1. The monoisotopic (exact) mass is 350 g/mol. The molecule has 26 heavy (non-hydrogen) atoms. The summed E-state index contributed by atoms with van der Waals surface area (Å²) in [6, 6.07) is 13.1. The van der Waals surface area contributed by atoms with Gasteiger partial charge in [-0.05, 0) is 67.8 Å². The number of carbonyl (C=O) groups is 1. The van der Waals surface area contributed by atoms with Crippen LogP contribution in [0.25, 0.3) is 10.9 Å². The number of methoxy groups -OCH3 is 1. The van der Waals surface area contributed by atoms with Gasteiger partial charge in [-0.1, -0.05) is 6.07 Å². The molecular weight excluding hydrogens is 328 g/mol. The first-order chi connectivity index (χ1) is 12.5. The van der Waals surface area contributed by atoms with Crippen molar-refractivity contribution in [1.29, 1.82) is 0 Å². The van der Waals surface area contributed by atoms with Gasteiger partial charge in [-0.3, -0.25) is 9.59 Å². The summed E-state index contributed by atoms with van der Waals surface area (Å²) in [7, 11) is 1.60. The maximum Gasteiger partial charge on any atom is 0.251 e. The number of hydrogen-bond acceptors (Lipinski definition) is 3. The molecule has 0 fully saturated rings. The van der Waals surface area contributed by atoms with Crippen LogP contribution < -0.4 is 15.6 Å². The van der Waals surface area contributed by atoms with Crippen LogP contribution in [0.2, 0.25) is 0 Å². The van der Waals surface area contributed by atoms with E-state index >= 15 is 0 Å². The van der Waals surface area contributed by atoms with Gasteiger partial charge in [0.15, 0.2) is 0 Å². The molecule has 0 bridgehead atoms. The Kier molecular flexibility index (Phi) is 5.07. The first-order valence-corrected chi connectivity index (χ1v) is 8.53. The average molecular weight is 350 g/mol. The topological polar surface area (TPSA) is 71.2 Å². The van der Waals surface area contributed by atoms with Gasteiger partial charge in [0.2, 0.25) is 5.91 Å². The third kappa shape index (κ3) is 3.94. The van der Waals surface area contributed by atoms with E-state index in [4.69, 9.17) is 4.74 Å². The molecule has 0 spiro atoms. The van der Waals surface area contributed by atoms with Gasteiger partial charge in [0.25, 0.3) is 5.56 Å². The summed E-state index contributed by atoms with van der Waals surface area (Å²) in [5.41, 5.74) is 4.25. The van der Waals surface area contributed by atoms with E-state index in [1.54, 1.807) is 13.2 Å². The lowest BCUT2D eigenvalue weighted by atomic mass is 10.1. The molecule has 0 aliphatic heterocycles. The predicted molar refractivity (Wildman–Crippen MR) is 104 cm³/mol. The van der Waals surface area contributed by atoms with Crippen molar-refractivity contribution in [2.75, 3.05) is 12.4 Å². The maximum absolute atomic E-state index is 12.2. The molecular formula is C21H22N2O3. The lowest BCUT2D eigenvalue weighted by Crippen LogP contribution is -2.17. The fourth-order valence-electron chi connectivity index (χ4n) is 2.83. The highest BCUT2D eigenvalue weighted by Crippen LogP contribution is 2.19. The van der Waals surface area contributed by atoms with E-state index in [1.807, 2.05) is 50.2 Å². The van der Waals surface area contributed by atoms with Crippen LogP contribution in [-0.4, -0.2) is 18.0 Å². The summed E-state index contributed by atoms with van der Waals surface area (Å²) >= 11 is 0. The number of nitrogens with one attached hydrogen (secondary N) is 2. The second-order valence-electron chi connectivity index (χ2n) is 6.42. The number of carbonyl (C=O) groups excluding carboxylic acids is 1. The van der Waals surface area contributed by atoms with E-state index in [0.29, 0.717) is 12.0 Å². The molecule has 3 rings (SSSR count). The van der Waals surface area contributed by atoms with Crippen LogP contribution in [0.15, 0.2) is 47.3 Å². The molecule has 0 aliphatic carbocycles. The highest BCUT2D eigenvalue weighted by atomic mass is 16.5. The van der Waals surface area contributed by atoms with Gasteiger partial charge in [-0.25, -0.2) is 0 Å². The number of aromatic nitrogens is 1. The summed E-state index contributed by atoms with van der Waals surface area (Å²) in [5, 5.41) is 3.77. The number of pyridine rings is 1. The molecule has 0 aliphatic rings. The largest absolute Gasteiger partial charge is 0.497 e. The van der Waals surface area contributed by atoms with Crippen molar-refractivity contribution in [2.45, 2.75) is 26.7 Å². The average Bonchev–Trinajstić information content (AvgIpc) is 2.62. The van der Waals surface area contributed by atoms with E-state index < -0.39 is 0 Å². The molecule has 134 valence electrons. The summed E-state index contributed by atoms with van der Waals surface area (Å²) in [6.07, 6.45) is 0.616. The summed E-state index contributed by atoms with van der Waals surface area (Å²) < 4.78 is 5.22. The Bertz CT molecular complexity index is 1020. The van der Waals surface area contributed by atoms with Gasteiger partial charge in [0, 0.05) is 28.6 Å². The van der Waals surface area contributed by atoms with Crippen molar-refractivity contribution in [3.05, 3.63) is 69.5 Å². The van der Waals surface area contributed by atoms with Crippen LogP contribution in [0.5, 0.6) is 5.75 Å². The lowest BCUT2D eigenvalue weighted by molar-refractivity contribution is -0.116. The van der Waals surface area contributed by atoms with Crippen molar-refractivity contribution in [3.63, 3.8) is 0 Å². The van der Waals surface area contributed by atoms with Crippen LogP contribution in [-0.2, 0) is 11.2 Å². The zero-order valence-corrected chi connectivity index (χ0v) is 15.2. The minimum atomic E-state index is -0.165. The fourth-order valence-corrected chi connectivity index (χ4v) is 2.83. The molecule has 1 aromatic heterocycles. The van der Waals surface area contributed by atoms with Crippen LogP contribution >= 0.6 is 0 Å². The molecule has 0 atom stereocenters. The number of anilines is 1.